The second-order valence-corrected chi connectivity index (χ2v) is 4.02. The summed E-state index contributed by atoms with van der Waals surface area (Å²) in [4.78, 5) is 0. The summed E-state index contributed by atoms with van der Waals surface area (Å²) in [6.07, 6.45) is 0. The van der Waals surface area contributed by atoms with Crippen molar-refractivity contribution in [2.24, 2.45) is 5.73 Å². The van der Waals surface area contributed by atoms with Crippen LogP contribution in [0.15, 0.2) is 22.7 Å². The Kier molecular flexibility index (Phi) is 3.62. The molecule has 4 nitrogen and oxygen atoms in total. The quantitative estimate of drug-likeness (QED) is 0.905. The number of aryl methyl sites for hydroxylation is 2. The predicted molar refractivity (Wildman–Crippen MR) is 64.6 cm³/mol. The fraction of sp³-hybridized carbons (Fsp3) is 0.308. The standard InChI is InChI=1S/C13H15FN2O2/c1-8-11(9(2)18-16-8)7-17-13-10(6-15)4-3-5-12(13)14/h3-5H,6-7,15H2,1-2H3. The summed E-state index contributed by atoms with van der Waals surface area (Å²) in [5, 5.41) is 3.82. The number of para-hydroxylation sites is 1. The molecule has 0 radical (unpaired) electrons. The highest BCUT2D eigenvalue weighted by atomic mass is 19.1. The average molecular weight is 250 g/mol. The fourth-order valence-electron chi connectivity index (χ4n) is 1.73. The highest BCUT2D eigenvalue weighted by Crippen LogP contribution is 2.24. The van der Waals surface area contributed by atoms with Gasteiger partial charge in [-0.3, -0.25) is 0 Å². The molecule has 1 heterocycles. The molecule has 0 fully saturated rings. The molecule has 2 rings (SSSR count). The minimum Gasteiger partial charge on any atom is -0.485 e. The van der Waals surface area contributed by atoms with Gasteiger partial charge in [0.1, 0.15) is 12.4 Å². The number of nitrogens with two attached hydrogens (primary N) is 1. The molecule has 1 aromatic carbocycles. The number of ether oxygens (including phenoxy) is 1. The van der Waals surface area contributed by atoms with Crippen molar-refractivity contribution >= 4 is 0 Å². The van der Waals surface area contributed by atoms with Crippen molar-refractivity contribution in [2.45, 2.75) is 27.0 Å². The van der Waals surface area contributed by atoms with Gasteiger partial charge in [0.2, 0.25) is 0 Å². The van der Waals surface area contributed by atoms with E-state index in [-0.39, 0.29) is 18.9 Å². The van der Waals surface area contributed by atoms with Crippen LogP contribution in [-0.4, -0.2) is 5.16 Å². The molecule has 0 atom stereocenters. The van der Waals surface area contributed by atoms with Gasteiger partial charge in [-0.1, -0.05) is 17.3 Å². The molecule has 0 saturated carbocycles. The third-order valence-electron chi connectivity index (χ3n) is 2.81. The molecular formula is C13H15FN2O2. The minimum atomic E-state index is -0.412. The first-order chi connectivity index (χ1) is 8.63. The van der Waals surface area contributed by atoms with Gasteiger partial charge in [0.05, 0.1) is 11.3 Å². The summed E-state index contributed by atoms with van der Waals surface area (Å²) in [6.45, 7) is 4.06. The van der Waals surface area contributed by atoms with Gasteiger partial charge in [-0.2, -0.15) is 0 Å². The largest absolute Gasteiger partial charge is 0.485 e. The summed E-state index contributed by atoms with van der Waals surface area (Å²) >= 11 is 0. The van der Waals surface area contributed by atoms with E-state index in [0.29, 0.717) is 11.3 Å². The van der Waals surface area contributed by atoms with E-state index in [0.717, 1.165) is 11.3 Å². The first-order valence-electron chi connectivity index (χ1n) is 5.65. The van der Waals surface area contributed by atoms with Crippen LogP contribution in [0.2, 0.25) is 0 Å². The van der Waals surface area contributed by atoms with E-state index >= 15 is 0 Å². The lowest BCUT2D eigenvalue weighted by Crippen LogP contribution is -2.05. The number of rotatable bonds is 4. The molecule has 0 spiro atoms. The Bertz CT molecular complexity index is 532. The van der Waals surface area contributed by atoms with Crippen LogP contribution < -0.4 is 10.5 Å². The third-order valence-corrected chi connectivity index (χ3v) is 2.81. The minimum absolute atomic E-state index is 0.194. The van der Waals surface area contributed by atoms with Gasteiger partial charge in [-0.05, 0) is 19.9 Å². The number of benzene rings is 1. The van der Waals surface area contributed by atoms with Gasteiger partial charge >= 0.3 is 0 Å². The zero-order chi connectivity index (χ0) is 13.1. The Morgan fingerprint density at radius 1 is 1.39 bits per heavy atom. The molecule has 2 aromatic rings. The van der Waals surface area contributed by atoms with Gasteiger partial charge in [0.15, 0.2) is 11.6 Å². The highest BCUT2D eigenvalue weighted by Gasteiger charge is 2.13. The summed E-state index contributed by atoms with van der Waals surface area (Å²) in [5.41, 5.74) is 7.77. The SMILES string of the molecule is Cc1noc(C)c1COc1c(F)cccc1CN. The van der Waals surface area contributed by atoms with Gasteiger partial charge in [0.25, 0.3) is 0 Å². The fourth-order valence-corrected chi connectivity index (χ4v) is 1.73. The lowest BCUT2D eigenvalue weighted by atomic mass is 10.2. The number of hydrogen-bond acceptors (Lipinski definition) is 4. The lowest BCUT2D eigenvalue weighted by Gasteiger charge is -2.10. The molecule has 1 aromatic heterocycles. The molecule has 0 amide bonds. The smallest absolute Gasteiger partial charge is 0.165 e. The van der Waals surface area contributed by atoms with Crippen LogP contribution in [0.4, 0.5) is 4.39 Å². The number of nitrogens with zero attached hydrogens (tertiary/aromatic N) is 1. The maximum Gasteiger partial charge on any atom is 0.165 e. The maximum absolute atomic E-state index is 13.6. The second kappa shape index (κ2) is 5.18. The van der Waals surface area contributed by atoms with Crippen molar-refractivity contribution in [3.8, 4) is 5.75 Å². The van der Waals surface area contributed by atoms with Crippen molar-refractivity contribution in [3.05, 3.63) is 46.6 Å². The second-order valence-electron chi connectivity index (χ2n) is 4.02. The Balaban J connectivity index is 2.20. The van der Waals surface area contributed by atoms with Crippen molar-refractivity contribution in [2.75, 3.05) is 0 Å². The number of hydrogen-bond donors (Lipinski definition) is 1. The molecule has 2 N–H and O–H groups in total. The van der Waals surface area contributed by atoms with Gasteiger partial charge in [-0.25, -0.2) is 4.39 Å². The van der Waals surface area contributed by atoms with Crippen LogP contribution in [0, 0.1) is 19.7 Å². The Hall–Kier alpha value is -1.88. The van der Waals surface area contributed by atoms with Crippen LogP contribution in [0.25, 0.3) is 0 Å². The van der Waals surface area contributed by atoms with Crippen LogP contribution >= 0.6 is 0 Å². The predicted octanol–water partition coefficient (Wildman–Crippen LogP) is 2.47. The van der Waals surface area contributed by atoms with Gasteiger partial charge < -0.3 is 15.0 Å². The lowest BCUT2D eigenvalue weighted by molar-refractivity contribution is 0.283. The number of aromatic nitrogens is 1. The first kappa shape index (κ1) is 12.6. The molecule has 96 valence electrons. The molecule has 0 aliphatic carbocycles. The summed E-state index contributed by atoms with van der Waals surface area (Å²) < 4.78 is 24.2. The first-order valence-corrected chi connectivity index (χ1v) is 5.65. The molecular weight excluding hydrogens is 235 g/mol. The van der Waals surface area contributed by atoms with E-state index in [1.807, 2.05) is 6.92 Å². The molecule has 5 heteroatoms. The number of halogens is 1. The topological polar surface area (TPSA) is 61.3 Å². The zero-order valence-corrected chi connectivity index (χ0v) is 10.4. The monoisotopic (exact) mass is 250 g/mol. The Morgan fingerprint density at radius 3 is 2.78 bits per heavy atom. The van der Waals surface area contributed by atoms with Crippen LogP contribution in [0.3, 0.4) is 0 Å². The average Bonchev–Trinajstić information content (AvgIpc) is 2.68. The van der Waals surface area contributed by atoms with Gasteiger partial charge in [0, 0.05) is 12.1 Å². The van der Waals surface area contributed by atoms with Crippen LogP contribution in [-0.2, 0) is 13.2 Å². The molecule has 0 aliphatic rings. The van der Waals surface area contributed by atoms with Gasteiger partial charge in [-0.15, -0.1) is 0 Å². The molecule has 0 saturated heterocycles. The van der Waals surface area contributed by atoms with E-state index in [1.54, 1.807) is 19.1 Å². The maximum atomic E-state index is 13.6. The van der Waals surface area contributed by atoms with Crippen molar-refractivity contribution in [3.63, 3.8) is 0 Å². The van der Waals surface area contributed by atoms with Crippen molar-refractivity contribution < 1.29 is 13.7 Å². The van der Waals surface area contributed by atoms with E-state index < -0.39 is 5.82 Å². The highest BCUT2D eigenvalue weighted by molar-refractivity contribution is 5.35. The van der Waals surface area contributed by atoms with Crippen LogP contribution in [0.5, 0.6) is 5.75 Å². The summed E-state index contributed by atoms with van der Waals surface area (Å²) in [5.74, 6) is 0.461. The van der Waals surface area contributed by atoms with E-state index in [2.05, 4.69) is 5.16 Å². The summed E-state index contributed by atoms with van der Waals surface area (Å²) in [6, 6.07) is 4.70. The zero-order valence-electron chi connectivity index (χ0n) is 10.4. The van der Waals surface area contributed by atoms with E-state index in [9.17, 15) is 4.39 Å². The third kappa shape index (κ3) is 2.36. The molecule has 0 bridgehead atoms. The summed E-state index contributed by atoms with van der Waals surface area (Å²) in [7, 11) is 0. The Morgan fingerprint density at radius 2 is 2.17 bits per heavy atom. The van der Waals surface area contributed by atoms with E-state index in [4.69, 9.17) is 15.0 Å². The van der Waals surface area contributed by atoms with E-state index in [1.165, 1.54) is 6.07 Å². The van der Waals surface area contributed by atoms with Crippen molar-refractivity contribution in [1.82, 2.24) is 5.16 Å². The Labute approximate surface area is 105 Å². The molecule has 0 aliphatic heterocycles. The van der Waals surface area contributed by atoms with Crippen LogP contribution in [0.1, 0.15) is 22.6 Å². The molecule has 0 unspecified atom stereocenters. The normalized spacial score (nSPS) is 10.7. The van der Waals surface area contributed by atoms with Crippen molar-refractivity contribution in [1.29, 1.82) is 0 Å². The molecule has 18 heavy (non-hydrogen) atoms.